The second-order valence-electron chi connectivity index (χ2n) is 5.36. The highest BCUT2D eigenvalue weighted by atomic mass is 16.4. The van der Waals surface area contributed by atoms with Gasteiger partial charge in [0.1, 0.15) is 6.54 Å². The van der Waals surface area contributed by atoms with E-state index in [1.807, 2.05) is 6.92 Å². The van der Waals surface area contributed by atoms with E-state index in [1.54, 1.807) is 13.8 Å². The summed E-state index contributed by atoms with van der Waals surface area (Å²) in [6, 6.07) is -0.256. The van der Waals surface area contributed by atoms with Crippen molar-refractivity contribution < 1.29 is 19.8 Å². The molecule has 1 rings (SSSR count). The highest BCUT2D eigenvalue weighted by Gasteiger charge is 2.36. The van der Waals surface area contributed by atoms with Gasteiger partial charge in [-0.15, -0.1) is 0 Å². The van der Waals surface area contributed by atoms with Crippen molar-refractivity contribution in [3.8, 4) is 0 Å². The van der Waals surface area contributed by atoms with Gasteiger partial charge in [-0.3, -0.25) is 4.79 Å². The van der Waals surface area contributed by atoms with Crippen molar-refractivity contribution in [1.82, 2.24) is 9.80 Å². The van der Waals surface area contributed by atoms with Crippen molar-refractivity contribution in [3.05, 3.63) is 0 Å². The largest absolute Gasteiger partial charge is 0.480 e. The molecule has 2 N–H and O–H groups in total. The maximum atomic E-state index is 12.2. The number of hydrogen-bond acceptors (Lipinski definition) is 3. The minimum Gasteiger partial charge on any atom is -0.480 e. The Morgan fingerprint density at radius 1 is 1.33 bits per heavy atom. The molecule has 18 heavy (non-hydrogen) atoms. The highest BCUT2D eigenvalue weighted by Crippen LogP contribution is 2.27. The smallest absolute Gasteiger partial charge is 0.323 e. The van der Waals surface area contributed by atoms with Crippen LogP contribution in [-0.4, -0.2) is 63.3 Å². The first-order valence-electron chi connectivity index (χ1n) is 6.24. The van der Waals surface area contributed by atoms with Crippen LogP contribution in [0, 0.1) is 0 Å². The molecule has 0 heterocycles. The van der Waals surface area contributed by atoms with E-state index in [0.29, 0.717) is 6.54 Å². The molecule has 0 radical (unpaired) electrons. The van der Waals surface area contributed by atoms with Crippen LogP contribution in [0.4, 0.5) is 4.79 Å². The Labute approximate surface area is 107 Å². The number of urea groups is 1. The average molecular weight is 258 g/mol. The fourth-order valence-electron chi connectivity index (χ4n) is 1.85. The van der Waals surface area contributed by atoms with Crippen LogP contribution in [-0.2, 0) is 4.79 Å². The Balaban J connectivity index is 2.70. The second kappa shape index (κ2) is 5.56. The number of aliphatic carboxylic acids is 1. The summed E-state index contributed by atoms with van der Waals surface area (Å²) in [5, 5.41) is 18.6. The van der Waals surface area contributed by atoms with E-state index in [9.17, 15) is 14.7 Å². The number of nitrogens with zero attached hydrogens (tertiary/aromatic N) is 2. The van der Waals surface area contributed by atoms with Crippen LogP contribution in [0.1, 0.15) is 33.6 Å². The normalized spacial score (nSPS) is 15.3. The lowest BCUT2D eigenvalue weighted by molar-refractivity contribution is -0.137. The van der Waals surface area contributed by atoms with Gasteiger partial charge in [0.05, 0.1) is 12.1 Å². The highest BCUT2D eigenvalue weighted by molar-refractivity contribution is 5.80. The van der Waals surface area contributed by atoms with Crippen molar-refractivity contribution in [2.24, 2.45) is 0 Å². The quantitative estimate of drug-likeness (QED) is 0.736. The van der Waals surface area contributed by atoms with Gasteiger partial charge in [0.15, 0.2) is 0 Å². The zero-order valence-corrected chi connectivity index (χ0v) is 11.2. The van der Waals surface area contributed by atoms with Crippen molar-refractivity contribution in [3.63, 3.8) is 0 Å². The predicted molar refractivity (Wildman–Crippen MR) is 66.3 cm³/mol. The Hall–Kier alpha value is -1.30. The van der Waals surface area contributed by atoms with Gasteiger partial charge < -0.3 is 20.0 Å². The lowest BCUT2D eigenvalue weighted by atomic mass is 10.1. The summed E-state index contributed by atoms with van der Waals surface area (Å²) in [7, 11) is 0. The molecule has 0 aromatic heterocycles. The fraction of sp³-hybridized carbons (Fsp3) is 0.833. The Kier molecular flexibility index (Phi) is 4.56. The van der Waals surface area contributed by atoms with E-state index in [-0.39, 0.29) is 25.2 Å². The molecule has 1 fully saturated rings. The molecule has 0 aromatic carbocycles. The summed E-state index contributed by atoms with van der Waals surface area (Å²) in [5.41, 5.74) is -0.982. The zero-order chi connectivity index (χ0) is 13.9. The number of amides is 2. The topological polar surface area (TPSA) is 81.1 Å². The number of carbonyl (C=O) groups is 2. The van der Waals surface area contributed by atoms with Crippen LogP contribution in [0.5, 0.6) is 0 Å². The molecule has 0 aliphatic heterocycles. The maximum absolute atomic E-state index is 12.2. The molecular weight excluding hydrogens is 236 g/mol. The molecule has 0 bridgehead atoms. The number of likely N-dealkylation sites (N-methyl/N-ethyl adjacent to an activating group) is 1. The summed E-state index contributed by atoms with van der Waals surface area (Å²) >= 11 is 0. The van der Waals surface area contributed by atoms with Gasteiger partial charge in [-0.05, 0) is 33.6 Å². The van der Waals surface area contributed by atoms with Crippen molar-refractivity contribution in [2.75, 3.05) is 19.6 Å². The molecular formula is C12H22N2O4. The number of aliphatic hydroxyl groups is 1. The molecule has 0 aromatic rings. The lowest BCUT2D eigenvalue weighted by Gasteiger charge is -2.32. The minimum absolute atomic E-state index is 0.0458. The zero-order valence-electron chi connectivity index (χ0n) is 11.2. The molecule has 0 atom stereocenters. The maximum Gasteiger partial charge on any atom is 0.323 e. The van der Waals surface area contributed by atoms with Crippen molar-refractivity contribution >= 4 is 12.0 Å². The third kappa shape index (κ3) is 4.52. The van der Waals surface area contributed by atoms with Gasteiger partial charge in [-0.25, -0.2) is 4.79 Å². The van der Waals surface area contributed by atoms with E-state index in [4.69, 9.17) is 5.11 Å². The number of carboxylic acid groups (broad SMARTS) is 1. The van der Waals surface area contributed by atoms with E-state index >= 15 is 0 Å². The molecule has 0 unspecified atom stereocenters. The molecule has 104 valence electrons. The summed E-state index contributed by atoms with van der Waals surface area (Å²) < 4.78 is 0. The van der Waals surface area contributed by atoms with E-state index in [2.05, 4.69) is 0 Å². The molecule has 0 saturated heterocycles. The van der Waals surface area contributed by atoms with Crippen LogP contribution in [0.15, 0.2) is 0 Å². The van der Waals surface area contributed by atoms with Crippen LogP contribution >= 0.6 is 0 Å². The van der Waals surface area contributed by atoms with E-state index in [1.165, 1.54) is 9.80 Å². The molecule has 0 spiro atoms. The van der Waals surface area contributed by atoms with Crippen molar-refractivity contribution in [2.45, 2.75) is 45.3 Å². The fourth-order valence-corrected chi connectivity index (χ4v) is 1.85. The van der Waals surface area contributed by atoms with Crippen molar-refractivity contribution in [1.29, 1.82) is 0 Å². The van der Waals surface area contributed by atoms with Gasteiger partial charge in [-0.1, -0.05) is 0 Å². The molecule has 1 aliphatic carbocycles. The summed E-state index contributed by atoms with van der Waals surface area (Å²) in [4.78, 5) is 25.9. The Bertz CT molecular complexity index is 321. The van der Waals surface area contributed by atoms with Crippen LogP contribution in [0.2, 0.25) is 0 Å². The van der Waals surface area contributed by atoms with Gasteiger partial charge >= 0.3 is 12.0 Å². The van der Waals surface area contributed by atoms with Gasteiger partial charge in [0.25, 0.3) is 0 Å². The number of hydrogen-bond donors (Lipinski definition) is 2. The number of carboxylic acids is 1. The summed E-state index contributed by atoms with van der Waals surface area (Å²) in [5.74, 6) is -1.01. The number of carbonyl (C=O) groups excluding carboxylic acids is 1. The standard InChI is InChI=1S/C12H22N2O4/c1-4-13(8-12(2,3)18)11(17)14(7-10(15)16)9-5-6-9/h9,18H,4-8H2,1-3H3,(H,15,16). The molecule has 1 aliphatic rings. The molecule has 6 nitrogen and oxygen atoms in total. The first-order chi connectivity index (χ1) is 8.24. The van der Waals surface area contributed by atoms with Crippen LogP contribution < -0.4 is 0 Å². The van der Waals surface area contributed by atoms with E-state index < -0.39 is 11.6 Å². The average Bonchev–Trinajstić information content (AvgIpc) is 3.03. The number of rotatable bonds is 6. The monoisotopic (exact) mass is 258 g/mol. The van der Waals surface area contributed by atoms with Gasteiger partial charge in [0.2, 0.25) is 0 Å². The Morgan fingerprint density at radius 2 is 1.89 bits per heavy atom. The second-order valence-corrected chi connectivity index (χ2v) is 5.36. The lowest BCUT2D eigenvalue weighted by Crippen LogP contribution is -2.50. The third-order valence-electron chi connectivity index (χ3n) is 2.77. The summed E-state index contributed by atoms with van der Waals surface area (Å²) in [6.45, 7) is 5.45. The Morgan fingerprint density at radius 3 is 2.22 bits per heavy atom. The molecule has 2 amide bonds. The van der Waals surface area contributed by atoms with E-state index in [0.717, 1.165) is 12.8 Å². The minimum atomic E-state index is -1.01. The molecule has 6 heteroatoms. The van der Waals surface area contributed by atoms with Gasteiger partial charge in [-0.2, -0.15) is 0 Å². The molecule has 1 saturated carbocycles. The van der Waals surface area contributed by atoms with Gasteiger partial charge in [0, 0.05) is 12.6 Å². The first-order valence-corrected chi connectivity index (χ1v) is 6.24. The van der Waals surface area contributed by atoms with Crippen LogP contribution in [0.3, 0.4) is 0 Å². The third-order valence-corrected chi connectivity index (χ3v) is 2.77. The predicted octanol–water partition coefficient (Wildman–Crippen LogP) is 0.748. The van der Waals surface area contributed by atoms with Crippen LogP contribution in [0.25, 0.3) is 0 Å². The first kappa shape index (κ1) is 14.8. The SMILES string of the molecule is CCN(CC(C)(C)O)C(=O)N(CC(=O)O)C1CC1. The summed E-state index contributed by atoms with van der Waals surface area (Å²) in [6.07, 6.45) is 1.72.